The second-order valence-corrected chi connectivity index (χ2v) is 9.52. The normalized spacial score (nSPS) is 16.5. The van der Waals surface area contributed by atoms with Crippen LogP contribution in [0.4, 0.5) is 36.8 Å². The molecular weight excluding hydrogens is 560 g/mol. The van der Waals surface area contributed by atoms with E-state index in [1.165, 1.54) is 24.3 Å². The lowest BCUT2D eigenvalue weighted by molar-refractivity contribution is -0.306. The van der Waals surface area contributed by atoms with E-state index < -0.39 is 30.8 Å². The maximum atomic E-state index is 12.7. The van der Waals surface area contributed by atoms with Gasteiger partial charge in [0, 0.05) is 23.2 Å². The zero-order valence-electron chi connectivity index (χ0n) is 21.2. The third-order valence-electron chi connectivity index (χ3n) is 6.83. The Labute approximate surface area is 229 Å². The summed E-state index contributed by atoms with van der Waals surface area (Å²) in [6, 6.07) is 13.3. The molecule has 1 aliphatic carbocycles. The molecule has 1 saturated carbocycles. The van der Waals surface area contributed by atoms with Crippen molar-refractivity contribution in [2.24, 2.45) is 0 Å². The number of carbonyl (C=O) groups excluding carboxylic acids is 1. The summed E-state index contributed by atoms with van der Waals surface area (Å²) in [4.78, 5) is 11.8. The topological polar surface area (TPSA) is 94.7 Å². The van der Waals surface area contributed by atoms with Gasteiger partial charge >= 0.3 is 18.4 Å². The van der Waals surface area contributed by atoms with Gasteiger partial charge in [-0.05, 0) is 49.1 Å². The van der Waals surface area contributed by atoms with Gasteiger partial charge in [0.25, 0.3) is 6.10 Å². The molecule has 3 aromatic rings. The zero-order valence-corrected chi connectivity index (χ0v) is 21.2. The number of aromatic nitrogens is 1. The minimum absolute atomic E-state index is 0.0980. The number of carbonyl (C=O) groups is 1. The standard InChI is InChI=1S/C27H23F6N3O5/c28-26(29,30)24(27(31,32)33)41-25(37)35-16-6-4-15(5-7-16)23-20(13-34)19-9-8-18(40-14-22-38-10-11-39-22)12-21(19)36(23)17-2-1-3-17/h4-9,12,17,22,24H,1-3,10-11,14H2,(H,35,37). The van der Waals surface area contributed by atoms with Gasteiger partial charge in [-0.25, -0.2) is 4.79 Å². The summed E-state index contributed by atoms with van der Waals surface area (Å²) in [5, 5.41) is 12.7. The fraction of sp³-hybridized carbons (Fsp3) is 0.407. The van der Waals surface area contributed by atoms with Crippen LogP contribution in [0.15, 0.2) is 42.5 Å². The minimum atomic E-state index is -5.83. The molecule has 1 saturated heterocycles. The van der Waals surface area contributed by atoms with Gasteiger partial charge in [0.15, 0.2) is 6.29 Å². The van der Waals surface area contributed by atoms with Crippen molar-refractivity contribution in [1.29, 1.82) is 5.26 Å². The van der Waals surface area contributed by atoms with Crippen molar-refractivity contribution in [3.05, 3.63) is 48.0 Å². The van der Waals surface area contributed by atoms with Crippen molar-refractivity contribution in [1.82, 2.24) is 4.57 Å². The third-order valence-corrected chi connectivity index (χ3v) is 6.83. The maximum Gasteiger partial charge on any atom is 0.434 e. The van der Waals surface area contributed by atoms with E-state index in [9.17, 15) is 36.4 Å². The molecule has 2 aliphatic rings. The van der Waals surface area contributed by atoms with E-state index in [0.717, 1.165) is 24.8 Å². The van der Waals surface area contributed by atoms with E-state index in [-0.39, 0.29) is 18.3 Å². The minimum Gasteiger partial charge on any atom is -0.488 e. The first-order valence-electron chi connectivity index (χ1n) is 12.6. The van der Waals surface area contributed by atoms with E-state index in [0.29, 0.717) is 41.2 Å². The number of ether oxygens (including phenoxy) is 4. The van der Waals surface area contributed by atoms with Crippen molar-refractivity contribution in [3.8, 4) is 23.1 Å². The number of hydrogen-bond acceptors (Lipinski definition) is 6. The molecule has 2 heterocycles. The molecular formula is C27H23F6N3O5. The molecule has 1 amide bonds. The van der Waals surface area contributed by atoms with Crippen LogP contribution in [0.5, 0.6) is 5.75 Å². The number of amides is 1. The van der Waals surface area contributed by atoms with E-state index in [4.69, 9.17) is 14.2 Å². The number of hydrogen-bond donors (Lipinski definition) is 1. The molecule has 1 aromatic heterocycles. The Bertz CT molecular complexity index is 1440. The Morgan fingerprint density at radius 2 is 1.71 bits per heavy atom. The van der Waals surface area contributed by atoms with Crippen molar-refractivity contribution < 1.29 is 50.1 Å². The molecule has 0 unspecified atom stereocenters. The van der Waals surface area contributed by atoms with Gasteiger partial charge in [0.1, 0.15) is 18.4 Å². The van der Waals surface area contributed by atoms with Crippen LogP contribution >= 0.6 is 0 Å². The lowest BCUT2D eigenvalue weighted by atomic mass is 9.92. The first-order valence-corrected chi connectivity index (χ1v) is 12.6. The van der Waals surface area contributed by atoms with E-state index in [1.54, 1.807) is 12.1 Å². The molecule has 0 spiro atoms. The average molecular weight is 583 g/mol. The van der Waals surface area contributed by atoms with Crippen molar-refractivity contribution in [2.75, 3.05) is 25.1 Å². The number of rotatable bonds is 7. The molecule has 41 heavy (non-hydrogen) atoms. The predicted molar refractivity (Wildman–Crippen MR) is 132 cm³/mol. The van der Waals surface area contributed by atoms with Crippen LogP contribution in [0.3, 0.4) is 0 Å². The highest BCUT2D eigenvalue weighted by atomic mass is 19.4. The SMILES string of the molecule is N#Cc1c(-c2ccc(NC(=O)OC(C(F)(F)F)C(F)(F)F)cc2)n(C2CCC2)c2cc(OCC3OCCO3)ccc12. The number of nitrogens with zero attached hydrogens (tertiary/aromatic N) is 2. The molecule has 0 atom stereocenters. The number of benzene rings is 2. The van der Waals surface area contributed by atoms with Gasteiger partial charge in [0.2, 0.25) is 0 Å². The van der Waals surface area contributed by atoms with Gasteiger partial charge in [-0.2, -0.15) is 31.6 Å². The first kappa shape index (κ1) is 28.6. The Hall–Kier alpha value is -3.96. The summed E-state index contributed by atoms with van der Waals surface area (Å²) in [5.41, 5.74) is 2.21. The molecule has 1 aliphatic heterocycles. The Morgan fingerprint density at radius 1 is 1.05 bits per heavy atom. The van der Waals surface area contributed by atoms with Gasteiger partial charge in [-0.1, -0.05) is 12.1 Å². The monoisotopic (exact) mass is 583 g/mol. The second kappa shape index (κ2) is 11.1. The molecule has 0 radical (unpaired) electrons. The summed E-state index contributed by atoms with van der Waals surface area (Å²) in [7, 11) is 0. The number of fused-ring (bicyclic) bond motifs is 1. The van der Waals surface area contributed by atoms with Crippen LogP contribution in [0, 0.1) is 11.3 Å². The third kappa shape index (κ3) is 6.06. The van der Waals surface area contributed by atoms with Crippen LogP contribution < -0.4 is 10.1 Å². The van der Waals surface area contributed by atoms with Crippen LogP contribution in [-0.2, 0) is 14.2 Å². The number of nitrogens with one attached hydrogen (secondary N) is 1. The molecule has 5 rings (SSSR count). The largest absolute Gasteiger partial charge is 0.488 e. The molecule has 2 fully saturated rings. The second-order valence-electron chi connectivity index (χ2n) is 9.52. The average Bonchev–Trinajstić information content (AvgIpc) is 3.50. The molecule has 218 valence electrons. The fourth-order valence-corrected chi connectivity index (χ4v) is 4.75. The Balaban J connectivity index is 1.41. The molecule has 8 nitrogen and oxygen atoms in total. The number of alkyl halides is 6. The molecule has 14 heteroatoms. The number of nitriles is 1. The van der Waals surface area contributed by atoms with Crippen LogP contribution in [0.2, 0.25) is 0 Å². The lowest BCUT2D eigenvalue weighted by Crippen LogP contribution is -2.46. The fourth-order valence-electron chi connectivity index (χ4n) is 4.75. The summed E-state index contributed by atoms with van der Waals surface area (Å²) in [5.74, 6) is 0.555. The van der Waals surface area contributed by atoms with E-state index in [1.807, 2.05) is 16.0 Å². The van der Waals surface area contributed by atoms with E-state index in [2.05, 4.69) is 10.8 Å². The highest BCUT2D eigenvalue weighted by molar-refractivity contribution is 5.96. The van der Waals surface area contributed by atoms with Gasteiger partial charge in [-0.3, -0.25) is 5.32 Å². The Morgan fingerprint density at radius 3 is 2.27 bits per heavy atom. The van der Waals surface area contributed by atoms with Crippen molar-refractivity contribution in [3.63, 3.8) is 0 Å². The van der Waals surface area contributed by atoms with Gasteiger partial charge < -0.3 is 23.5 Å². The molecule has 1 N–H and O–H groups in total. The maximum absolute atomic E-state index is 12.7. The number of halogens is 6. The Kier molecular flexibility index (Phi) is 7.76. The van der Waals surface area contributed by atoms with Crippen molar-refractivity contribution >= 4 is 22.7 Å². The summed E-state index contributed by atoms with van der Waals surface area (Å²) in [6.07, 6.45) is -15.6. The van der Waals surface area contributed by atoms with Gasteiger partial charge in [0.05, 0.1) is 30.0 Å². The zero-order chi connectivity index (χ0) is 29.4. The smallest absolute Gasteiger partial charge is 0.434 e. The quantitative estimate of drug-likeness (QED) is 0.311. The van der Waals surface area contributed by atoms with Crippen molar-refractivity contribution in [2.45, 2.75) is 50.1 Å². The van der Waals surface area contributed by atoms with Crippen LogP contribution in [0.25, 0.3) is 22.2 Å². The van der Waals surface area contributed by atoms with E-state index >= 15 is 0 Å². The predicted octanol–water partition coefficient (Wildman–Crippen LogP) is 6.70. The molecule has 0 bridgehead atoms. The van der Waals surface area contributed by atoms with Crippen LogP contribution in [0.1, 0.15) is 30.9 Å². The highest BCUT2D eigenvalue weighted by Gasteiger charge is 2.60. The van der Waals surface area contributed by atoms with Gasteiger partial charge in [-0.15, -0.1) is 0 Å². The summed E-state index contributed by atoms with van der Waals surface area (Å²) in [6.45, 7) is 1.17. The lowest BCUT2D eigenvalue weighted by Gasteiger charge is -2.30. The van der Waals surface area contributed by atoms with Crippen LogP contribution in [-0.4, -0.2) is 55.2 Å². The summed E-state index contributed by atoms with van der Waals surface area (Å²) < 4.78 is 98.6. The molecule has 2 aromatic carbocycles. The summed E-state index contributed by atoms with van der Waals surface area (Å²) >= 11 is 0. The first-order chi connectivity index (χ1) is 19.5. The number of anilines is 1. The highest BCUT2D eigenvalue weighted by Crippen LogP contribution is 2.43.